The zero-order valence-corrected chi connectivity index (χ0v) is 10.1. The van der Waals surface area contributed by atoms with Gasteiger partial charge in [0.25, 0.3) is 0 Å². The second-order valence-electron chi connectivity index (χ2n) is 4.13. The Labute approximate surface area is 104 Å². The average Bonchev–Trinajstić information content (AvgIpc) is 2.63. The number of hydrogen-bond acceptors (Lipinski definition) is 2. The molecule has 1 aromatic carbocycles. The zero-order chi connectivity index (χ0) is 13.3. The molecule has 0 amide bonds. The maximum Gasteiger partial charge on any atom is 0.338 e. The van der Waals surface area contributed by atoms with Gasteiger partial charge in [0, 0.05) is 11.3 Å². The number of carboxylic acids is 1. The Kier molecular flexibility index (Phi) is 3.14. The third kappa shape index (κ3) is 2.11. The van der Waals surface area contributed by atoms with Crippen molar-refractivity contribution in [2.75, 3.05) is 0 Å². The lowest BCUT2D eigenvalue weighted by molar-refractivity contribution is 0.0691. The molecule has 0 bridgehead atoms. The van der Waals surface area contributed by atoms with Gasteiger partial charge in [-0.2, -0.15) is 0 Å². The van der Waals surface area contributed by atoms with Crippen molar-refractivity contribution in [3.63, 3.8) is 0 Å². The van der Waals surface area contributed by atoms with Crippen molar-refractivity contribution < 1.29 is 14.3 Å². The van der Waals surface area contributed by atoms with E-state index in [0.29, 0.717) is 5.56 Å². The lowest BCUT2D eigenvalue weighted by atomic mass is 10.1. The predicted molar refractivity (Wildman–Crippen MR) is 64.2 cm³/mol. The van der Waals surface area contributed by atoms with E-state index >= 15 is 0 Å². The lowest BCUT2D eigenvalue weighted by Gasteiger charge is -2.08. The van der Waals surface area contributed by atoms with Crippen LogP contribution in [-0.2, 0) is 6.54 Å². The molecule has 94 valence electrons. The molecule has 0 saturated carbocycles. The molecule has 2 aromatic rings. The second kappa shape index (κ2) is 4.60. The van der Waals surface area contributed by atoms with Gasteiger partial charge in [-0.15, -0.1) is 0 Å². The molecule has 1 heterocycles. The van der Waals surface area contributed by atoms with Crippen LogP contribution in [0, 0.1) is 19.7 Å². The van der Waals surface area contributed by atoms with Gasteiger partial charge in [-0.25, -0.2) is 14.2 Å². The van der Waals surface area contributed by atoms with E-state index < -0.39 is 11.8 Å². The number of aromatic carboxylic acids is 1. The highest BCUT2D eigenvalue weighted by Gasteiger charge is 2.14. The van der Waals surface area contributed by atoms with Gasteiger partial charge >= 0.3 is 5.97 Å². The van der Waals surface area contributed by atoms with Crippen molar-refractivity contribution in [1.82, 2.24) is 9.55 Å². The highest BCUT2D eigenvalue weighted by atomic mass is 19.1. The fourth-order valence-corrected chi connectivity index (χ4v) is 1.75. The summed E-state index contributed by atoms with van der Waals surface area (Å²) in [7, 11) is 0. The molecule has 0 radical (unpaired) electrons. The SMILES string of the molecule is Cc1ncn(Cc2cccc(C(=O)O)c2F)c1C. The number of aromatic nitrogens is 2. The Morgan fingerprint density at radius 1 is 1.44 bits per heavy atom. The van der Waals surface area contributed by atoms with Crippen LogP contribution in [0.2, 0.25) is 0 Å². The lowest BCUT2D eigenvalue weighted by Crippen LogP contribution is -2.07. The summed E-state index contributed by atoms with van der Waals surface area (Å²) in [4.78, 5) is 15.0. The van der Waals surface area contributed by atoms with Crippen molar-refractivity contribution in [1.29, 1.82) is 0 Å². The van der Waals surface area contributed by atoms with Gasteiger partial charge in [-0.3, -0.25) is 0 Å². The van der Waals surface area contributed by atoms with E-state index in [1.165, 1.54) is 6.07 Å². The number of carboxylic acid groups (broad SMARTS) is 1. The van der Waals surface area contributed by atoms with E-state index in [-0.39, 0.29) is 12.1 Å². The maximum atomic E-state index is 13.9. The normalized spacial score (nSPS) is 10.6. The molecular formula is C13H13FN2O2. The van der Waals surface area contributed by atoms with Crippen molar-refractivity contribution in [3.8, 4) is 0 Å². The summed E-state index contributed by atoms with van der Waals surface area (Å²) in [6.45, 7) is 4.04. The first-order valence-electron chi connectivity index (χ1n) is 5.49. The molecule has 4 nitrogen and oxygen atoms in total. The van der Waals surface area contributed by atoms with Crippen LogP contribution in [0.5, 0.6) is 0 Å². The van der Waals surface area contributed by atoms with Gasteiger partial charge in [-0.05, 0) is 19.9 Å². The van der Waals surface area contributed by atoms with Crippen LogP contribution < -0.4 is 0 Å². The van der Waals surface area contributed by atoms with Crippen LogP contribution >= 0.6 is 0 Å². The molecule has 0 spiro atoms. The van der Waals surface area contributed by atoms with Gasteiger partial charge in [0.15, 0.2) is 0 Å². The number of rotatable bonds is 3. The molecule has 1 N–H and O–H groups in total. The monoisotopic (exact) mass is 248 g/mol. The minimum absolute atomic E-state index is 0.277. The van der Waals surface area contributed by atoms with E-state index in [0.717, 1.165) is 11.4 Å². The van der Waals surface area contributed by atoms with Gasteiger partial charge < -0.3 is 9.67 Å². The summed E-state index contributed by atoms with van der Waals surface area (Å²) in [6, 6.07) is 4.38. The van der Waals surface area contributed by atoms with Crippen molar-refractivity contribution in [3.05, 3.63) is 52.9 Å². The summed E-state index contributed by atoms with van der Waals surface area (Å²) in [5.41, 5.74) is 1.86. The summed E-state index contributed by atoms with van der Waals surface area (Å²) < 4.78 is 15.7. The highest BCUT2D eigenvalue weighted by Crippen LogP contribution is 2.16. The van der Waals surface area contributed by atoms with E-state index in [1.807, 2.05) is 13.8 Å². The van der Waals surface area contributed by atoms with Crippen LogP contribution in [0.25, 0.3) is 0 Å². The minimum atomic E-state index is -1.26. The zero-order valence-electron chi connectivity index (χ0n) is 10.1. The van der Waals surface area contributed by atoms with Gasteiger partial charge in [0.1, 0.15) is 5.82 Å². The van der Waals surface area contributed by atoms with Crippen molar-refractivity contribution >= 4 is 5.97 Å². The number of carbonyl (C=O) groups is 1. The quantitative estimate of drug-likeness (QED) is 0.907. The smallest absolute Gasteiger partial charge is 0.338 e. The first-order valence-corrected chi connectivity index (χ1v) is 5.49. The molecule has 2 rings (SSSR count). The molecule has 0 unspecified atom stereocenters. The van der Waals surface area contributed by atoms with E-state index in [2.05, 4.69) is 4.98 Å². The first-order chi connectivity index (χ1) is 8.50. The van der Waals surface area contributed by atoms with Crippen LogP contribution in [0.15, 0.2) is 24.5 Å². The summed E-state index contributed by atoms with van der Waals surface area (Å²) >= 11 is 0. The maximum absolute atomic E-state index is 13.9. The van der Waals surface area contributed by atoms with Crippen molar-refractivity contribution in [2.24, 2.45) is 0 Å². The van der Waals surface area contributed by atoms with E-state index in [4.69, 9.17) is 5.11 Å². The highest BCUT2D eigenvalue weighted by molar-refractivity contribution is 5.88. The largest absolute Gasteiger partial charge is 0.478 e. The minimum Gasteiger partial charge on any atom is -0.478 e. The van der Waals surface area contributed by atoms with Gasteiger partial charge in [0.05, 0.1) is 24.1 Å². The molecule has 18 heavy (non-hydrogen) atoms. The van der Waals surface area contributed by atoms with Gasteiger partial charge in [-0.1, -0.05) is 12.1 Å². The number of halogens is 1. The van der Waals surface area contributed by atoms with Crippen LogP contribution in [0.4, 0.5) is 4.39 Å². The molecule has 0 atom stereocenters. The molecule has 5 heteroatoms. The predicted octanol–water partition coefficient (Wildman–Crippen LogP) is 2.39. The standard InChI is InChI=1S/C13H13FN2O2/c1-8-9(2)16(7-15-8)6-10-4-3-5-11(12(10)14)13(17)18/h3-5,7H,6H2,1-2H3,(H,17,18). The van der Waals surface area contributed by atoms with E-state index in [9.17, 15) is 9.18 Å². The van der Waals surface area contributed by atoms with Crippen LogP contribution in [0.3, 0.4) is 0 Å². The average molecular weight is 248 g/mol. The van der Waals surface area contributed by atoms with Crippen LogP contribution in [0.1, 0.15) is 27.3 Å². The Bertz CT molecular complexity index is 605. The van der Waals surface area contributed by atoms with Crippen molar-refractivity contribution in [2.45, 2.75) is 20.4 Å². The first kappa shape index (κ1) is 12.3. The second-order valence-corrected chi connectivity index (χ2v) is 4.13. The number of aryl methyl sites for hydroxylation is 1. The Morgan fingerprint density at radius 3 is 2.72 bits per heavy atom. The number of nitrogens with zero attached hydrogens (tertiary/aromatic N) is 2. The summed E-state index contributed by atoms with van der Waals surface area (Å²) in [6.07, 6.45) is 1.62. The molecular weight excluding hydrogens is 235 g/mol. The topological polar surface area (TPSA) is 55.1 Å². The molecule has 0 aliphatic carbocycles. The third-order valence-corrected chi connectivity index (χ3v) is 2.99. The van der Waals surface area contributed by atoms with Crippen LogP contribution in [-0.4, -0.2) is 20.6 Å². The number of hydrogen-bond donors (Lipinski definition) is 1. The molecule has 0 fully saturated rings. The Hall–Kier alpha value is -2.17. The third-order valence-electron chi connectivity index (χ3n) is 2.99. The summed E-state index contributed by atoms with van der Waals surface area (Å²) in [5.74, 6) is -1.94. The number of benzene rings is 1. The fraction of sp³-hybridized carbons (Fsp3) is 0.231. The molecule has 0 saturated heterocycles. The molecule has 0 aliphatic rings. The fourth-order valence-electron chi connectivity index (χ4n) is 1.75. The summed E-state index contributed by atoms with van der Waals surface area (Å²) in [5, 5.41) is 8.86. The molecule has 0 aliphatic heterocycles. The van der Waals surface area contributed by atoms with E-state index in [1.54, 1.807) is 23.0 Å². The number of imidazole rings is 1. The Morgan fingerprint density at radius 2 is 2.17 bits per heavy atom. The molecule has 1 aromatic heterocycles. The van der Waals surface area contributed by atoms with Gasteiger partial charge in [0.2, 0.25) is 0 Å². The Balaban J connectivity index is 2.38.